The van der Waals surface area contributed by atoms with Crippen LogP contribution in [-0.4, -0.2) is 75.5 Å². The molecular weight excluding hydrogens is 689 g/mol. The molecule has 8 aliphatic rings. The van der Waals surface area contributed by atoms with Crippen LogP contribution >= 0.6 is 0 Å². The Labute approximate surface area is 332 Å². The van der Waals surface area contributed by atoms with Crippen LogP contribution in [0.3, 0.4) is 0 Å². The van der Waals surface area contributed by atoms with Gasteiger partial charge in [-0.05, 0) is 155 Å². The maximum Gasteiger partial charge on any atom is 0.159 e. The van der Waals surface area contributed by atoms with Crippen molar-refractivity contribution in [3.05, 3.63) is 11.6 Å². The van der Waals surface area contributed by atoms with Crippen molar-refractivity contribution in [1.82, 2.24) is 5.32 Å². The number of piperidine rings is 1. The molecule has 8 nitrogen and oxygen atoms in total. The van der Waals surface area contributed by atoms with E-state index in [1.165, 1.54) is 38.5 Å². The van der Waals surface area contributed by atoms with E-state index in [-0.39, 0.29) is 52.7 Å². The molecule has 5 aliphatic carbocycles. The predicted molar refractivity (Wildman–Crippen MR) is 216 cm³/mol. The lowest BCUT2D eigenvalue weighted by Crippen LogP contribution is -2.65. The maximum absolute atomic E-state index is 14.2. The molecule has 0 amide bonds. The van der Waals surface area contributed by atoms with Gasteiger partial charge >= 0.3 is 0 Å². The third-order valence-electron chi connectivity index (χ3n) is 18.7. The highest BCUT2D eigenvalue weighted by Crippen LogP contribution is 2.72. The molecule has 0 aromatic heterocycles. The Morgan fingerprint density at radius 2 is 1.71 bits per heavy atom. The number of nitrogens with two attached hydrogens (primary N) is 1. The molecule has 8 rings (SSSR count). The van der Waals surface area contributed by atoms with E-state index in [0.717, 1.165) is 88.7 Å². The number of carbonyl (C=O) groups excluding carboxylic acids is 1. The molecular formula is C47H78N2O6. The topological polar surface area (TPSA) is 138 Å². The Kier molecular flexibility index (Phi) is 10.9. The minimum atomic E-state index is -1.11. The number of fused-ring (bicyclic) bond motifs is 5. The molecule has 0 spiro atoms. The SMILES string of the molecule is CC1CCOC(C2OC2C(C)(O)C(C)(C)CCC2CCNC(N)C2)(C2CCC3(O)C4=CC(=O)C5CC(O)CCC5(C)C4C(CCC4CCCCC4)CC23C)C1. The van der Waals surface area contributed by atoms with Gasteiger partial charge in [-0.25, -0.2) is 0 Å². The summed E-state index contributed by atoms with van der Waals surface area (Å²) in [5, 5.41) is 40.3. The van der Waals surface area contributed by atoms with E-state index < -0.39 is 28.3 Å². The molecule has 8 heteroatoms. The zero-order valence-corrected chi connectivity index (χ0v) is 35.4. The third-order valence-corrected chi connectivity index (χ3v) is 18.7. The molecule has 0 aromatic carbocycles. The van der Waals surface area contributed by atoms with Gasteiger partial charge in [-0.2, -0.15) is 0 Å². The van der Waals surface area contributed by atoms with Crippen LogP contribution in [0.15, 0.2) is 11.6 Å². The van der Waals surface area contributed by atoms with Crippen molar-refractivity contribution in [2.75, 3.05) is 13.2 Å². The van der Waals surface area contributed by atoms with Crippen LogP contribution in [-0.2, 0) is 14.3 Å². The fourth-order valence-corrected chi connectivity index (χ4v) is 14.9. The van der Waals surface area contributed by atoms with Gasteiger partial charge < -0.3 is 35.8 Å². The lowest BCUT2D eigenvalue weighted by Gasteiger charge is -2.63. The molecule has 55 heavy (non-hydrogen) atoms. The van der Waals surface area contributed by atoms with Gasteiger partial charge in [-0.1, -0.05) is 73.1 Å². The molecule has 4 saturated carbocycles. The van der Waals surface area contributed by atoms with Crippen molar-refractivity contribution >= 4 is 5.78 Å². The smallest absolute Gasteiger partial charge is 0.159 e. The summed E-state index contributed by atoms with van der Waals surface area (Å²) < 4.78 is 14.0. The average molecular weight is 767 g/mol. The lowest BCUT2D eigenvalue weighted by molar-refractivity contribution is -0.201. The van der Waals surface area contributed by atoms with Gasteiger partial charge in [0.05, 0.1) is 23.5 Å². The van der Waals surface area contributed by atoms with Crippen molar-refractivity contribution in [3.8, 4) is 0 Å². The highest BCUT2D eigenvalue weighted by Gasteiger charge is 2.76. The van der Waals surface area contributed by atoms with Gasteiger partial charge in [0, 0.05) is 17.9 Å². The first-order chi connectivity index (χ1) is 25.9. The minimum Gasteiger partial charge on any atom is -0.393 e. The maximum atomic E-state index is 14.2. The Hall–Kier alpha value is -0.870. The molecule has 0 radical (unpaired) electrons. The highest BCUT2D eigenvalue weighted by atomic mass is 16.6. The molecule has 0 bridgehead atoms. The summed E-state index contributed by atoms with van der Waals surface area (Å²) in [6.07, 6.45) is 20.3. The highest BCUT2D eigenvalue weighted by molar-refractivity contribution is 5.95. The van der Waals surface area contributed by atoms with Crippen molar-refractivity contribution in [2.24, 2.45) is 63.4 Å². The molecule has 3 saturated heterocycles. The van der Waals surface area contributed by atoms with Gasteiger partial charge in [-0.15, -0.1) is 0 Å². The summed E-state index contributed by atoms with van der Waals surface area (Å²) in [6.45, 7) is 15.1. The van der Waals surface area contributed by atoms with E-state index in [1.807, 2.05) is 13.0 Å². The Morgan fingerprint density at radius 3 is 2.44 bits per heavy atom. The van der Waals surface area contributed by atoms with E-state index in [2.05, 4.69) is 39.9 Å². The van der Waals surface area contributed by atoms with Crippen molar-refractivity contribution in [1.29, 1.82) is 0 Å². The van der Waals surface area contributed by atoms with Crippen LogP contribution in [0.5, 0.6) is 0 Å². The van der Waals surface area contributed by atoms with Gasteiger partial charge in [0.1, 0.15) is 17.8 Å². The average Bonchev–Trinajstić information content (AvgIpc) is 3.91. The van der Waals surface area contributed by atoms with E-state index in [1.54, 1.807) is 0 Å². The number of allylic oxidation sites excluding steroid dienone is 1. The van der Waals surface area contributed by atoms with Gasteiger partial charge in [-0.3, -0.25) is 4.79 Å². The van der Waals surface area contributed by atoms with E-state index in [9.17, 15) is 20.1 Å². The first-order valence-electron chi connectivity index (χ1n) is 23.1. The second-order valence-electron chi connectivity index (χ2n) is 22.3. The number of hydrogen-bond acceptors (Lipinski definition) is 8. The van der Waals surface area contributed by atoms with Crippen molar-refractivity contribution < 1.29 is 29.6 Å². The van der Waals surface area contributed by atoms with Crippen LogP contribution in [0, 0.1) is 57.7 Å². The number of carbonyl (C=O) groups is 1. The number of rotatable bonds is 10. The molecule has 7 fully saturated rings. The van der Waals surface area contributed by atoms with Crippen LogP contribution < -0.4 is 11.1 Å². The third kappa shape index (κ3) is 6.78. The fraction of sp³-hybridized carbons (Fsp3) is 0.936. The number of ketones is 1. The van der Waals surface area contributed by atoms with Crippen LogP contribution in [0.25, 0.3) is 0 Å². The van der Waals surface area contributed by atoms with Crippen molar-refractivity contribution in [3.63, 3.8) is 0 Å². The number of aliphatic hydroxyl groups is 3. The number of epoxide rings is 1. The van der Waals surface area contributed by atoms with E-state index in [0.29, 0.717) is 37.2 Å². The summed E-state index contributed by atoms with van der Waals surface area (Å²) >= 11 is 0. The summed E-state index contributed by atoms with van der Waals surface area (Å²) in [5.74, 6) is 2.24. The zero-order chi connectivity index (χ0) is 39.2. The van der Waals surface area contributed by atoms with E-state index in [4.69, 9.17) is 15.2 Å². The van der Waals surface area contributed by atoms with Gasteiger partial charge in [0.15, 0.2) is 5.78 Å². The Morgan fingerprint density at radius 1 is 0.945 bits per heavy atom. The monoisotopic (exact) mass is 767 g/mol. The van der Waals surface area contributed by atoms with Gasteiger partial charge in [0.2, 0.25) is 0 Å². The van der Waals surface area contributed by atoms with Crippen LogP contribution in [0.1, 0.15) is 164 Å². The molecule has 15 atom stereocenters. The number of nitrogens with one attached hydrogen (secondary N) is 1. The standard InChI is InChI=1S/C47H78N2O6/c1-29-18-23-54-46(27-29,41-40(55-41)45(6,52)42(2,3)19-14-31-17-22-49-38(48)24-31)37-16-21-47(53)35-26-36(51)34-25-33(50)15-20-43(34,4)39(35)32(28-44(37,47)5)13-12-30-10-8-7-9-11-30/h26,29-34,37-41,49-50,52-53H,7-25,27-28,48H2,1-6H3. The number of hydrogen-bond donors (Lipinski definition) is 5. The summed E-state index contributed by atoms with van der Waals surface area (Å²) in [7, 11) is 0. The molecule has 3 aliphatic heterocycles. The number of ether oxygens (including phenoxy) is 2. The minimum absolute atomic E-state index is 0.0331. The normalized spacial score (nSPS) is 49.0. The summed E-state index contributed by atoms with van der Waals surface area (Å²) in [5.41, 5.74) is 3.34. The molecule has 6 N–H and O–H groups in total. The lowest BCUT2D eigenvalue weighted by atomic mass is 9.42. The summed E-state index contributed by atoms with van der Waals surface area (Å²) in [4.78, 5) is 14.2. The summed E-state index contributed by atoms with van der Waals surface area (Å²) in [6, 6.07) is 0. The fourth-order valence-electron chi connectivity index (χ4n) is 14.9. The first-order valence-corrected chi connectivity index (χ1v) is 23.1. The first kappa shape index (κ1) is 40.9. The molecule has 3 heterocycles. The molecule has 0 aromatic rings. The largest absolute Gasteiger partial charge is 0.393 e. The Balaban J connectivity index is 1.12. The van der Waals surface area contributed by atoms with Crippen LogP contribution in [0.2, 0.25) is 0 Å². The Bertz CT molecular complexity index is 1460. The second-order valence-corrected chi connectivity index (χ2v) is 22.3. The van der Waals surface area contributed by atoms with Crippen LogP contribution in [0.4, 0.5) is 0 Å². The quantitative estimate of drug-likeness (QED) is 0.144. The molecule has 15 unspecified atom stereocenters. The molecule has 312 valence electrons. The predicted octanol–water partition coefficient (Wildman–Crippen LogP) is 7.60. The zero-order valence-electron chi connectivity index (χ0n) is 35.4. The second kappa shape index (κ2) is 14.7. The number of aliphatic hydroxyl groups excluding tert-OH is 1. The van der Waals surface area contributed by atoms with Gasteiger partial charge in [0.25, 0.3) is 0 Å². The van der Waals surface area contributed by atoms with E-state index >= 15 is 0 Å². The van der Waals surface area contributed by atoms with Crippen molar-refractivity contribution in [2.45, 2.75) is 205 Å².